The van der Waals surface area contributed by atoms with E-state index >= 15 is 0 Å². The van der Waals surface area contributed by atoms with Crippen LogP contribution in [0, 0.1) is 19.7 Å². The number of ketones is 1. The van der Waals surface area contributed by atoms with Crippen LogP contribution in [0.3, 0.4) is 0 Å². The van der Waals surface area contributed by atoms with Crippen LogP contribution < -0.4 is 0 Å². The molecule has 4 rings (SSSR count). The third-order valence-electron chi connectivity index (χ3n) is 4.59. The summed E-state index contributed by atoms with van der Waals surface area (Å²) in [5.41, 5.74) is 2.93. The molecule has 4 aromatic rings. The van der Waals surface area contributed by atoms with Crippen LogP contribution >= 0.6 is 0 Å². The number of carbonyl (C=O) groups is 1. The third kappa shape index (κ3) is 3.48. The van der Waals surface area contributed by atoms with E-state index in [1.165, 1.54) is 16.9 Å². The first-order valence-electron chi connectivity index (χ1n) is 8.77. The highest BCUT2D eigenvalue weighted by Gasteiger charge is 2.18. The molecule has 0 radical (unpaired) electrons. The molecular weight excluding hydrogens is 361 g/mol. The Labute approximate surface area is 160 Å². The maximum atomic E-state index is 13.4. The van der Waals surface area contributed by atoms with E-state index in [4.69, 9.17) is 4.42 Å². The Morgan fingerprint density at radius 2 is 2.04 bits per heavy atom. The molecule has 0 unspecified atom stereocenters. The van der Waals surface area contributed by atoms with Crippen molar-refractivity contribution in [1.29, 1.82) is 0 Å². The summed E-state index contributed by atoms with van der Waals surface area (Å²) < 4.78 is 20.8. The molecule has 0 N–H and O–H groups in total. The van der Waals surface area contributed by atoms with E-state index in [-0.39, 0.29) is 24.0 Å². The molecule has 0 saturated carbocycles. The summed E-state index contributed by atoms with van der Waals surface area (Å²) in [5, 5.41) is 12.0. The summed E-state index contributed by atoms with van der Waals surface area (Å²) >= 11 is 0. The second-order valence-electron chi connectivity index (χ2n) is 6.53. The Balaban J connectivity index is 1.53. The van der Waals surface area contributed by atoms with E-state index in [2.05, 4.69) is 15.4 Å². The maximum Gasteiger partial charge on any atom is 0.205 e. The molecule has 0 aliphatic heterocycles. The minimum atomic E-state index is -0.381. The third-order valence-corrected chi connectivity index (χ3v) is 4.59. The number of Topliss-reactive ketones (excluding diaryl/α,β-unsaturated/α-hetero) is 1. The minimum absolute atomic E-state index is 0.0483. The molecule has 3 aromatic heterocycles. The van der Waals surface area contributed by atoms with E-state index in [1.807, 2.05) is 36.6 Å². The van der Waals surface area contributed by atoms with Gasteiger partial charge in [0.25, 0.3) is 0 Å². The van der Waals surface area contributed by atoms with Crippen molar-refractivity contribution >= 4 is 5.78 Å². The summed E-state index contributed by atoms with van der Waals surface area (Å²) in [6.07, 6.45) is 1.63. The monoisotopic (exact) mass is 379 g/mol. The topological polar surface area (TPSA) is 78.7 Å². The molecule has 0 aliphatic rings. The lowest BCUT2D eigenvalue weighted by Gasteiger charge is -2.07. The number of hydrogen-bond donors (Lipinski definition) is 0. The molecule has 28 heavy (non-hydrogen) atoms. The lowest BCUT2D eigenvalue weighted by Crippen LogP contribution is -2.14. The first kappa shape index (κ1) is 17.8. The van der Waals surface area contributed by atoms with Crippen LogP contribution in [0.2, 0.25) is 0 Å². The van der Waals surface area contributed by atoms with Gasteiger partial charge >= 0.3 is 0 Å². The lowest BCUT2D eigenvalue weighted by molar-refractivity contribution is 0.0960. The highest BCUT2D eigenvalue weighted by Crippen LogP contribution is 2.19. The molecule has 0 fully saturated rings. The number of nitrogens with zero attached hydrogens (tertiary/aromatic N) is 5. The predicted octanol–water partition coefficient (Wildman–Crippen LogP) is 3.42. The van der Waals surface area contributed by atoms with Crippen molar-refractivity contribution < 1.29 is 13.6 Å². The zero-order valence-corrected chi connectivity index (χ0v) is 15.5. The normalized spacial score (nSPS) is 11.1. The van der Waals surface area contributed by atoms with Gasteiger partial charge in [0.15, 0.2) is 5.78 Å². The Morgan fingerprint density at radius 3 is 2.79 bits per heavy atom. The molecule has 3 heterocycles. The van der Waals surface area contributed by atoms with Gasteiger partial charge in [-0.2, -0.15) is 4.80 Å². The van der Waals surface area contributed by atoms with Crippen molar-refractivity contribution in [1.82, 2.24) is 24.8 Å². The van der Waals surface area contributed by atoms with Crippen molar-refractivity contribution in [3.05, 3.63) is 77.3 Å². The van der Waals surface area contributed by atoms with Crippen molar-refractivity contribution in [2.24, 2.45) is 0 Å². The maximum absolute atomic E-state index is 13.4. The molecule has 0 bridgehead atoms. The molecule has 0 saturated heterocycles. The molecule has 0 atom stereocenters. The number of hydrogen-bond acceptors (Lipinski definition) is 5. The molecule has 7 nitrogen and oxygen atoms in total. The van der Waals surface area contributed by atoms with E-state index < -0.39 is 0 Å². The highest BCUT2D eigenvalue weighted by atomic mass is 19.1. The van der Waals surface area contributed by atoms with Gasteiger partial charge in [-0.25, -0.2) is 4.39 Å². The molecule has 1 aromatic carbocycles. The molecule has 142 valence electrons. The van der Waals surface area contributed by atoms with E-state index in [1.54, 1.807) is 18.4 Å². The van der Waals surface area contributed by atoms with Crippen molar-refractivity contribution in [3.8, 4) is 11.4 Å². The zero-order chi connectivity index (χ0) is 19.7. The Hall–Kier alpha value is -3.55. The first-order chi connectivity index (χ1) is 13.5. The van der Waals surface area contributed by atoms with Crippen LogP contribution in [-0.2, 0) is 13.1 Å². The van der Waals surface area contributed by atoms with Gasteiger partial charge in [0, 0.05) is 22.5 Å². The summed E-state index contributed by atoms with van der Waals surface area (Å²) in [7, 11) is 0. The van der Waals surface area contributed by atoms with Gasteiger partial charge < -0.3 is 8.98 Å². The van der Waals surface area contributed by atoms with Crippen LogP contribution in [0.5, 0.6) is 0 Å². The average Bonchev–Trinajstić information content (AvgIpc) is 3.40. The molecule has 0 aliphatic carbocycles. The summed E-state index contributed by atoms with van der Waals surface area (Å²) in [6.45, 7) is 4.36. The van der Waals surface area contributed by atoms with Crippen molar-refractivity contribution in [2.45, 2.75) is 26.9 Å². The molecule has 0 amide bonds. The minimum Gasteiger partial charge on any atom is -0.467 e. The number of furan rings is 1. The van der Waals surface area contributed by atoms with Crippen LogP contribution in [0.1, 0.15) is 27.5 Å². The van der Waals surface area contributed by atoms with Crippen LogP contribution in [0.25, 0.3) is 11.4 Å². The molecular formula is C20H18FN5O2. The van der Waals surface area contributed by atoms with Gasteiger partial charge in [-0.3, -0.25) is 4.79 Å². The van der Waals surface area contributed by atoms with Crippen molar-refractivity contribution in [2.75, 3.05) is 0 Å². The second kappa shape index (κ2) is 7.22. The summed E-state index contributed by atoms with van der Waals surface area (Å²) in [4.78, 5) is 14.0. The standard InChI is InChI=1S/C20H18FN5O2/c1-13-9-18(14(2)25(13)11-17-7-4-8-28-17)19(27)12-26-23-20(22-24-26)15-5-3-6-16(21)10-15/h3-10H,11-12H2,1-2H3. The lowest BCUT2D eigenvalue weighted by atomic mass is 10.1. The predicted molar refractivity (Wildman–Crippen MR) is 99.3 cm³/mol. The van der Waals surface area contributed by atoms with E-state index in [9.17, 15) is 9.18 Å². The fourth-order valence-corrected chi connectivity index (χ4v) is 3.15. The Kier molecular flexibility index (Phi) is 4.60. The van der Waals surface area contributed by atoms with Gasteiger partial charge in [0.1, 0.15) is 18.1 Å². The van der Waals surface area contributed by atoms with Gasteiger partial charge in [0.05, 0.1) is 12.8 Å². The quantitative estimate of drug-likeness (QED) is 0.480. The molecule has 8 heteroatoms. The smallest absolute Gasteiger partial charge is 0.205 e. The van der Waals surface area contributed by atoms with Gasteiger partial charge in [0.2, 0.25) is 5.82 Å². The van der Waals surface area contributed by atoms with Gasteiger partial charge in [-0.1, -0.05) is 12.1 Å². The van der Waals surface area contributed by atoms with Gasteiger partial charge in [-0.15, -0.1) is 10.2 Å². The number of carbonyl (C=O) groups excluding carboxylic acids is 1. The summed E-state index contributed by atoms with van der Waals surface area (Å²) in [5.74, 6) is 0.588. The SMILES string of the molecule is Cc1cc(C(=O)Cn2nnc(-c3cccc(F)c3)n2)c(C)n1Cc1ccco1. The van der Waals surface area contributed by atoms with E-state index in [0.29, 0.717) is 17.7 Å². The number of benzene rings is 1. The second-order valence-corrected chi connectivity index (χ2v) is 6.53. The fourth-order valence-electron chi connectivity index (χ4n) is 3.15. The van der Waals surface area contributed by atoms with E-state index in [0.717, 1.165) is 17.1 Å². The molecule has 0 spiro atoms. The number of aromatic nitrogens is 5. The largest absolute Gasteiger partial charge is 0.467 e. The van der Waals surface area contributed by atoms with Crippen LogP contribution in [0.4, 0.5) is 4.39 Å². The number of halogens is 1. The number of aryl methyl sites for hydroxylation is 1. The zero-order valence-electron chi connectivity index (χ0n) is 15.5. The Morgan fingerprint density at radius 1 is 1.18 bits per heavy atom. The average molecular weight is 379 g/mol. The number of tetrazole rings is 1. The highest BCUT2D eigenvalue weighted by molar-refractivity contribution is 5.97. The van der Waals surface area contributed by atoms with Crippen LogP contribution in [-0.4, -0.2) is 30.6 Å². The van der Waals surface area contributed by atoms with Crippen LogP contribution in [0.15, 0.2) is 53.1 Å². The number of rotatable bonds is 6. The fraction of sp³-hybridized carbons (Fsp3) is 0.200. The van der Waals surface area contributed by atoms with Crippen molar-refractivity contribution in [3.63, 3.8) is 0 Å². The van der Waals surface area contributed by atoms with Gasteiger partial charge in [-0.05, 0) is 49.4 Å². The Bertz CT molecular complexity index is 1130. The first-order valence-corrected chi connectivity index (χ1v) is 8.77. The summed E-state index contributed by atoms with van der Waals surface area (Å²) in [6, 6.07) is 11.5.